The fourth-order valence-corrected chi connectivity index (χ4v) is 3.59. The second-order valence-corrected chi connectivity index (χ2v) is 6.83. The molecule has 0 aliphatic carbocycles. The second kappa shape index (κ2) is 7.96. The van der Waals surface area contributed by atoms with Gasteiger partial charge in [-0.2, -0.15) is 5.26 Å². The smallest absolute Gasteiger partial charge is 0.276 e. The van der Waals surface area contributed by atoms with E-state index >= 15 is 0 Å². The van der Waals surface area contributed by atoms with E-state index in [1.165, 1.54) is 17.4 Å². The number of allylic oxidation sites excluding steroid dienone is 3. The average Bonchev–Trinajstić information content (AvgIpc) is 3.40. The summed E-state index contributed by atoms with van der Waals surface area (Å²) in [6, 6.07) is 14.1. The molecule has 0 fully saturated rings. The van der Waals surface area contributed by atoms with E-state index in [1.54, 1.807) is 36.4 Å². The molecular formula is C21H13N3O4S. The van der Waals surface area contributed by atoms with E-state index in [0.29, 0.717) is 27.6 Å². The molecule has 142 valence electrons. The molecule has 0 bridgehead atoms. The Labute approximate surface area is 169 Å². The number of ether oxygens (including phenoxy) is 2. The number of benzene rings is 2. The second-order valence-electron chi connectivity index (χ2n) is 5.97. The van der Waals surface area contributed by atoms with Crippen molar-refractivity contribution in [2.45, 2.75) is 0 Å². The number of aromatic nitrogens is 1. The molecule has 0 saturated heterocycles. The first-order chi connectivity index (χ1) is 14.2. The maximum Gasteiger partial charge on any atom is 0.276 e. The lowest BCUT2D eigenvalue weighted by Crippen LogP contribution is -1.92. The van der Waals surface area contributed by atoms with Crippen LogP contribution in [0.1, 0.15) is 10.6 Å². The van der Waals surface area contributed by atoms with Crippen LogP contribution in [-0.4, -0.2) is 16.7 Å². The van der Waals surface area contributed by atoms with Crippen molar-refractivity contribution < 1.29 is 14.4 Å². The zero-order valence-corrected chi connectivity index (χ0v) is 15.8. The fraction of sp³-hybridized carbons (Fsp3) is 0.0476. The van der Waals surface area contributed by atoms with Crippen LogP contribution in [-0.2, 0) is 0 Å². The first kappa shape index (κ1) is 18.4. The molecule has 3 aromatic rings. The van der Waals surface area contributed by atoms with Crippen LogP contribution in [0.5, 0.6) is 11.5 Å². The number of fused-ring (bicyclic) bond motifs is 1. The van der Waals surface area contributed by atoms with E-state index in [9.17, 15) is 15.4 Å². The van der Waals surface area contributed by atoms with Crippen LogP contribution >= 0.6 is 11.3 Å². The van der Waals surface area contributed by atoms with E-state index in [2.05, 4.69) is 11.1 Å². The normalized spacial score (nSPS) is 12.9. The lowest BCUT2D eigenvalue weighted by molar-refractivity contribution is -0.385. The fourth-order valence-electron chi connectivity index (χ4n) is 2.79. The van der Waals surface area contributed by atoms with Crippen molar-refractivity contribution in [2.24, 2.45) is 0 Å². The Balaban J connectivity index is 1.58. The zero-order valence-electron chi connectivity index (χ0n) is 14.9. The molecule has 2 aromatic carbocycles. The van der Waals surface area contributed by atoms with E-state index in [1.807, 2.05) is 23.6 Å². The molecule has 0 unspecified atom stereocenters. The Morgan fingerprint density at radius 1 is 1.24 bits per heavy atom. The average molecular weight is 403 g/mol. The number of hydrogen-bond acceptors (Lipinski definition) is 7. The molecule has 1 aliphatic heterocycles. The Morgan fingerprint density at radius 3 is 2.90 bits per heavy atom. The summed E-state index contributed by atoms with van der Waals surface area (Å²) in [5.74, 6) is 1.36. The van der Waals surface area contributed by atoms with E-state index in [4.69, 9.17) is 9.47 Å². The molecule has 0 amide bonds. The minimum Gasteiger partial charge on any atom is -0.454 e. The third kappa shape index (κ3) is 3.85. The molecule has 4 rings (SSSR count). The zero-order chi connectivity index (χ0) is 20.2. The third-order valence-corrected chi connectivity index (χ3v) is 5.07. The number of nitro groups is 1. The highest BCUT2D eigenvalue weighted by Gasteiger charge is 2.16. The Bertz CT molecular complexity index is 1190. The maximum atomic E-state index is 11.1. The van der Waals surface area contributed by atoms with Crippen molar-refractivity contribution in [3.05, 3.63) is 80.7 Å². The number of para-hydroxylation sites is 1. The van der Waals surface area contributed by atoms with Crippen LogP contribution in [0.25, 0.3) is 22.9 Å². The number of nitrogens with zero attached hydrogens (tertiary/aromatic N) is 3. The number of rotatable bonds is 5. The summed E-state index contributed by atoms with van der Waals surface area (Å²) in [7, 11) is 0. The highest BCUT2D eigenvalue weighted by molar-refractivity contribution is 7.11. The molecule has 8 heteroatoms. The predicted octanol–water partition coefficient (Wildman–Crippen LogP) is 5.07. The van der Waals surface area contributed by atoms with Gasteiger partial charge in [0.15, 0.2) is 11.5 Å². The monoisotopic (exact) mass is 403 g/mol. The Kier molecular flexibility index (Phi) is 5.05. The number of hydrogen-bond donors (Lipinski definition) is 0. The molecule has 7 nitrogen and oxygen atoms in total. The van der Waals surface area contributed by atoms with Crippen molar-refractivity contribution in [3.63, 3.8) is 0 Å². The lowest BCUT2D eigenvalue weighted by Gasteiger charge is -1.99. The van der Waals surface area contributed by atoms with Gasteiger partial charge in [-0.3, -0.25) is 10.1 Å². The summed E-state index contributed by atoms with van der Waals surface area (Å²) >= 11 is 1.35. The minimum atomic E-state index is -0.437. The number of nitro benzene ring substituents is 1. The van der Waals surface area contributed by atoms with Crippen LogP contribution < -0.4 is 9.47 Å². The standard InChI is InChI=1S/C21H13N3O4S/c22-11-16(6-3-5-14-4-1-2-7-18(14)24(25)26)21-23-17(12-29-21)15-8-9-19-20(10-15)28-13-27-19/h1-10,12H,13H2. The van der Waals surface area contributed by atoms with Crippen LogP contribution in [0.3, 0.4) is 0 Å². The summed E-state index contributed by atoms with van der Waals surface area (Å²) in [6.45, 7) is 0.203. The van der Waals surface area contributed by atoms with Crippen molar-refractivity contribution in [1.82, 2.24) is 4.98 Å². The van der Waals surface area contributed by atoms with Gasteiger partial charge in [-0.05, 0) is 36.4 Å². The van der Waals surface area contributed by atoms with Gasteiger partial charge in [0.2, 0.25) is 6.79 Å². The van der Waals surface area contributed by atoms with Crippen LogP contribution in [0.15, 0.2) is 60.0 Å². The molecule has 0 N–H and O–H groups in total. The minimum absolute atomic E-state index is 0.00926. The van der Waals surface area contributed by atoms with E-state index in [-0.39, 0.29) is 12.5 Å². The summed E-state index contributed by atoms with van der Waals surface area (Å²) < 4.78 is 10.7. The first-order valence-electron chi connectivity index (χ1n) is 8.53. The van der Waals surface area contributed by atoms with Crippen molar-refractivity contribution >= 4 is 28.7 Å². The van der Waals surface area contributed by atoms with Gasteiger partial charge >= 0.3 is 0 Å². The number of nitriles is 1. The van der Waals surface area contributed by atoms with Crippen molar-refractivity contribution in [3.8, 4) is 28.8 Å². The molecule has 0 radical (unpaired) electrons. The van der Waals surface area contributed by atoms with Gasteiger partial charge in [0, 0.05) is 17.0 Å². The predicted molar refractivity (Wildman–Crippen MR) is 109 cm³/mol. The molecular weight excluding hydrogens is 390 g/mol. The summed E-state index contributed by atoms with van der Waals surface area (Å²) in [4.78, 5) is 15.2. The maximum absolute atomic E-state index is 11.1. The topological polar surface area (TPSA) is 98.3 Å². The van der Waals surface area contributed by atoms with E-state index in [0.717, 1.165) is 11.3 Å². The van der Waals surface area contributed by atoms with Crippen molar-refractivity contribution in [2.75, 3.05) is 6.79 Å². The highest BCUT2D eigenvalue weighted by atomic mass is 32.1. The molecule has 0 atom stereocenters. The van der Waals surface area contributed by atoms with Gasteiger partial charge in [0.25, 0.3) is 5.69 Å². The van der Waals surface area contributed by atoms with Gasteiger partial charge in [-0.25, -0.2) is 4.98 Å². The molecule has 29 heavy (non-hydrogen) atoms. The quantitative estimate of drug-likeness (QED) is 0.255. The lowest BCUT2D eigenvalue weighted by atomic mass is 10.1. The van der Waals surface area contributed by atoms with Crippen molar-refractivity contribution in [1.29, 1.82) is 5.26 Å². The molecule has 1 aromatic heterocycles. The third-order valence-electron chi connectivity index (χ3n) is 4.20. The van der Waals surface area contributed by atoms with Gasteiger partial charge in [0.05, 0.1) is 21.8 Å². The van der Waals surface area contributed by atoms with Crippen LogP contribution in [0.2, 0.25) is 0 Å². The first-order valence-corrected chi connectivity index (χ1v) is 9.41. The van der Waals surface area contributed by atoms with Crippen LogP contribution in [0.4, 0.5) is 5.69 Å². The summed E-state index contributed by atoms with van der Waals surface area (Å²) in [5, 5.41) is 23.0. The van der Waals surface area contributed by atoms with Gasteiger partial charge in [0.1, 0.15) is 11.1 Å². The SMILES string of the molecule is N#CC(=CC=Cc1ccccc1[N+](=O)[O-])c1nc(-c2ccc3c(c2)OCO3)cs1. The highest BCUT2D eigenvalue weighted by Crippen LogP contribution is 2.36. The summed E-state index contributed by atoms with van der Waals surface area (Å²) in [6.07, 6.45) is 4.81. The molecule has 1 aliphatic rings. The van der Waals surface area contributed by atoms with Gasteiger partial charge < -0.3 is 9.47 Å². The molecule has 0 saturated carbocycles. The van der Waals surface area contributed by atoms with E-state index < -0.39 is 4.92 Å². The Hall–Kier alpha value is -3.96. The Morgan fingerprint density at radius 2 is 2.07 bits per heavy atom. The van der Waals surface area contributed by atoms with Gasteiger partial charge in [-0.15, -0.1) is 11.3 Å². The molecule has 0 spiro atoms. The number of thiazole rings is 1. The van der Waals surface area contributed by atoms with Crippen LogP contribution in [0, 0.1) is 21.4 Å². The van der Waals surface area contributed by atoms with Gasteiger partial charge in [-0.1, -0.05) is 18.2 Å². The summed E-state index contributed by atoms with van der Waals surface area (Å²) in [5.41, 5.74) is 2.44. The molecule has 2 heterocycles. The largest absolute Gasteiger partial charge is 0.454 e.